The summed E-state index contributed by atoms with van der Waals surface area (Å²) in [5.74, 6) is 0.136. The molecule has 4 rings (SSSR count). The van der Waals surface area contributed by atoms with Crippen molar-refractivity contribution in [3.8, 4) is 6.07 Å². The molecule has 3 heterocycles. The molecule has 0 aliphatic carbocycles. The van der Waals surface area contributed by atoms with Crippen molar-refractivity contribution in [3.63, 3.8) is 0 Å². The topological polar surface area (TPSA) is 61.5 Å². The Morgan fingerprint density at radius 1 is 1.27 bits per heavy atom. The average Bonchev–Trinajstić information content (AvgIpc) is 3.37. The third kappa shape index (κ3) is 4.32. The largest absolute Gasteiger partial charge is 0.417 e. The molecule has 2 aromatic rings. The van der Waals surface area contributed by atoms with Crippen LogP contribution in [0, 0.1) is 22.7 Å². The summed E-state index contributed by atoms with van der Waals surface area (Å²) in [6, 6.07) is 9.20. The molecule has 33 heavy (non-hydrogen) atoms. The predicted octanol–water partition coefficient (Wildman–Crippen LogP) is 3.92. The van der Waals surface area contributed by atoms with Crippen LogP contribution in [0.4, 0.5) is 18.9 Å². The average molecular weight is 461 g/mol. The molecule has 0 N–H and O–H groups in total. The summed E-state index contributed by atoms with van der Waals surface area (Å²) in [7, 11) is 3.48. The van der Waals surface area contributed by atoms with Gasteiger partial charge in [-0.2, -0.15) is 18.4 Å². The van der Waals surface area contributed by atoms with E-state index in [1.165, 1.54) is 6.07 Å². The van der Waals surface area contributed by atoms with Gasteiger partial charge in [-0.15, -0.1) is 0 Å². The second kappa shape index (κ2) is 8.75. The lowest BCUT2D eigenvalue weighted by Crippen LogP contribution is -2.47. The molecule has 0 bridgehead atoms. The molecule has 6 nitrogen and oxygen atoms in total. The van der Waals surface area contributed by atoms with E-state index < -0.39 is 11.7 Å². The number of ether oxygens (including phenoxy) is 1. The van der Waals surface area contributed by atoms with E-state index in [0.717, 1.165) is 18.9 Å². The highest BCUT2D eigenvalue weighted by atomic mass is 19.4. The first kappa shape index (κ1) is 23.2. The first-order chi connectivity index (χ1) is 15.7. The van der Waals surface area contributed by atoms with Crippen molar-refractivity contribution in [1.29, 1.82) is 5.26 Å². The third-order valence-electron chi connectivity index (χ3n) is 7.18. The maximum absolute atomic E-state index is 13.5. The lowest BCUT2D eigenvalue weighted by Gasteiger charge is -2.42. The zero-order valence-electron chi connectivity index (χ0n) is 18.7. The molecule has 0 radical (unpaired) electrons. The lowest BCUT2D eigenvalue weighted by atomic mass is 9.71. The molecule has 1 atom stereocenters. The van der Waals surface area contributed by atoms with Gasteiger partial charge in [0.15, 0.2) is 0 Å². The number of alkyl halides is 3. The molecule has 1 unspecified atom stereocenters. The third-order valence-corrected chi connectivity index (χ3v) is 7.18. The van der Waals surface area contributed by atoms with Gasteiger partial charge in [-0.3, -0.25) is 4.79 Å². The summed E-state index contributed by atoms with van der Waals surface area (Å²) in [4.78, 5) is 16.7. The number of piperidine rings is 1. The van der Waals surface area contributed by atoms with Gasteiger partial charge in [0, 0.05) is 58.1 Å². The van der Waals surface area contributed by atoms with Gasteiger partial charge in [-0.05, 0) is 48.6 Å². The highest BCUT2D eigenvalue weighted by molar-refractivity contribution is 5.92. The van der Waals surface area contributed by atoms with E-state index in [9.17, 15) is 18.0 Å². The fraction of sp³-hybridized carbons (Fsp3) is 0.500. The van der Waals surface area contributed by atoms with E-state index in [-0.39, 0.29) is 22.8 Å². The molecule has 0 saturated carbocycles. The Hall–Kier alpha value is -2.99. The number of hydrogen-bond donors (Lipinski definition) is 0. The number of nitriles is 1. The van der Waals surface area contributed by atoms with Gasteiger partial charge in [-0.25, -0.2) is 0 Å². The molecule has 2 saturated heterocycles. The van der Waals surface area contributed by atoms with Crippen LogP contribution in [0.5, 0.6) is 0 Å². The lowest BCUT2D eigenvalue weighted by molar-refractivity contribution is -0.137. The zero-order valence-corrected chi connectivity index (χ0v) is 18.7. The molecule has 176 valence electrons. The minimum atomic E-state index is -4.59. The number of likely N-dealkylation sites (tertiary alicyclic amines) is 1. The van der Waals surface area contributed by atoms with Crippen LogP contribution in [0.2, 0.25) is 0 Å². The maximum atomic E-state index is 13.5. The van der Waals surface area contributed by atoms with E-state index in [0.29, 0.717) is 44.2 Å². The summed E-state index contributed by atoms with van der Waals surface area (Å²) in [6.45, 7) is 2.86. The highest BCUT2D eigenvalue weighted by Gasteiger charge is 2.49. The van der Waals surface area contributed by atoms with Crippen LogP contribution in [-0.2, 0) is 18.0 Å². The molecule has 2 aliphatic heterocycles. The number of nitrogens with zero attached hydrogens (tertiary/aromatic N) is 4. The number of aromatic nitrogens is 1. The van der Waals surface area contributed by atoms with Gasteiger partial charge in [0.2, 0.25) is 0 Å². The fourth-order valence-electron chi connectivity index (χ4n) is 5.29. The quantitative estimate of drug-likeness (QED) is 0.694. The number of anilines is 1. The van der Waals surface area contributed by atoms with E-state index in [2.05, 4.69) is 0 Å². The standard InChI is InChI=1S/C24H27F3N4O2/c1-29-9-3-4-21(29)22(32)30-10-7-23(8-11-30)16-31(14-18(23)15-33-2)19-6-5-17(13-28)20(12-19)24(25,26)27/h3-6,9,12,18H,7-8,10-11,14-16H2,1-2H3. The number of amides is 1. The predicted molar refractivity (Wildman–Crippen MR) is 117 cm³/mol. The Bertz CT molecular complexity index is 1060. The van der Waals surface area contributed by atoms with Gasteiger partial charge in [0.05, 0.1) is 23.8 Å². The number of carbonyl (C=O) groups excluding carboxylic acids is 1. The van der Waals surface area contributed by atoms with Gasteiger partial charge < -0.3 is 19.1 Å². The van der Waals surface area contributed by atoms with Crippen molar-refractivity contribution >= 4 is 11.6 Å². The minimum Gasteiger partial charge on any atom is -0.384 e. The van der Waals surface area contributed by atoms with Crippen molar-refractivity contribution in [2.45, 2.75) is 19.0 Å². The Morgan fingerprint density at radius 2 is 2.00 bits per heavy atom. The first-order valence-electron chi connectivity index (χ1n) is 10.9. The van der Waals surface area contributed by atoms with Crippen LogP contribution in [0.15, 0.2) is 36.5 Å². The van der Waals surface area contributed by atoms with Crippen molar-refractivity contribution in [3.05, 3.63) is 53.3 Å². The number of methoxy groups -OCH3 is 1. The van der Waals surface area contributed by atoms with Crippen molar-refractivity contribution in [1.82, 2.24) is 9.47 Å². The number of carbonyl (C=O) groups is 1. The molecular formula is C24H27F3N4O2. The second-order valence-corrected chi connectivity index (χ2v) is 9.03. The number of aryl methyl sites for hydroxylation is 1. The summed E-state index contributed by atoms with van der Waals surface area (Å²) in [6.07, 6.45) is -1.23. The number of hydrogen-bond acceptors (Lipinski definition) is 4. The van der Waals surface area contributed by atoms with Crippen molar-refractivity contribution in [2.24, 2.45) is 18.4 Å². The summed E-state index contributed by atoms with van der Waals surface area (Å²) in [5, 5.41) is 9.09. The number of halogens is 3. The zero-order chi connectivity index (χ0) is 23.8. The normalized spacial score (nSPS) is 20.3. The molecule has 2 aliphatic rings. The minimum absolute atomic E-state index is 0.00240. The second-order valence-electron chi connectivity index (χ2n) is 9.03. The molecule has 9 heteroatoms. The van der Waals surface area contributed by atoms with Crippen molar-refractivity contribution in [2.75, 3.05) is 44.8 Å². The molecular weight excluding hydrogens is 433 g/mol. The SMILES string of the molecule is COCC1CN(c2ccc(C#N)c(C(F)(F)F)c2)CC12CCN(C(=O)c1cccn1C)CC2. The van der Waals surface area contributed by atoms with E-state index in [1.807, 2.05) is 29.1 Å². The van der Waals surface area contributed by atoms with Gasteiger partial charge in [-0.1, -0.05) is 0 Å². The van der Waals surface area contributed by atoms with Gasteiger partial charge in [0.1, 0.15) is 5.69 Å². The monoisotopic (exact) mass is 460 g/mol. The molecule has 1 amide bonds. The molecule has 1 aromatic carbocycles. The number of rotatable bonds is 4. The summed E-state index contributed by atoms with van der Waals surface area (Å²) >= 11 is 0. The summed E-state index contributed by atoms with van der Waals surface area (Å²) < 4.78 is 47.7. The number of benzene rings is 1. The van der Waals surface area contributed by atoms with Crippen LogP contribution in [0.1, 0.15) is 34.5 Å². The van der Waals surface area contributed by atoms with E-state index >= 15 is 0 Å². The Kier molecular flexibility index (Phi) is 6.14. The Labute approximate surface area is 191 Å². The Balaban J connectivity index is 1.54. The van der Waals surface area contributed by atoms with Crippen LogP contribution >= 0.6 is 0 Å². The summed E-state index contributed by atoms with van der Waals surface area (Å²) in [5.41, 5.74) is -0.324. The van der Waals surface area contributed by atoms with Crippen LogP contribution < -0.4 is 4.90 Å². The fourth-order valence-corrected chi connectivity index (χ4v) is 5.29. The molecule has 2 fully saturated rings. The molecule has 1 aromatic heterocycles. The maximum Gasteiger partial charge on any atom is 0.417 e. The van der Waals surface area contributed by atoms with Crippen LogP contribution in [-0.4, -0.2) is 55.3 Å². The van der Waals surface area contributed by atoms with E-state index in [4.69, 9.17) is 10.00 Å². The van der Waals surface area contributed by atoms with Crippen LogP contribution in [0.25, 0.3) is 0 Å². The first-order valence-corrected chi connectivity index (χ1v) is 10.9. The van der Waals surface area contributed by atoms with E-state index in [1.54, 1.807) is 29.9 Å². The highest BCUT2D eigenvalue weighted by Crippen LogP contribution is 2.47. The van der Waals surface area contributed by atoms with Gasteiger partial charge in [0.25, 0.3) is 5.91 Å². The van der Waals surface area contributed by atoms with Crippen LogP contribution in [0.3, 0.4) is 0 Å². The van der Waals surface area contributed by atoms with Crippen molar-refractivity contribution < 1.29 is 22.7 Å². The Morgan fingerprint density at radius 3 is 2.58 bits per heavy atom. The molecule has 1 spiro atoms. The smallest absolute Gasteiger partial charge is 0.384 e. The van der Waals surface area contributed by atoms with Gasteiger partial charge >= 0.3 is 6.18 Å².